The minimum atomic E-state index is -0.833. The van der Waals surface area contributed by atoms with Crippen molar-refractivity contribution >= 4 is 29.3 Å². The van der Waals surface area contributed by atoms with Crippen LogP contribution in [0.1, 0.15) is 35.2 Å². The first-order valence-corrected chi connectivity index (χ1v) is 13.4. The van der Waals surface area contributed by atoms with E-state index in [9.17, 15) is 14.4 Å². The van der Waals surface area contributed by atoms with E-state index < -0.39 is 5.97 Å². The molecule has 2 aromatic heterocycles. The predicted molar refractivity (Wildman–Crippen MR) is 148 cm³/mol. The number of carbonyl (C=O) groups excluding carboxylic acids is 3. The second-order valence-corrected chi connectivity index (χ2v) is 10.1. The molecule has 13 nitrogen and oxygen atoms in total. The Kier molecular flexibility index (Phi) is 9.61. The molecule has 2 atom stereocenters. The van der Waals surface area contributed by atoms with E-state index in [1.807, 2.05) is 42.1 Å². The van der Waals surface area contributed by atoms with Crippen molar-refractivity contribution in [2.75, 3.05) is 53.0 Å². The predicted octanol–water partition coefficient (Wildman–Crippen LogP) is 0.993. The molecule has 2 aliphatic rings. The van der Waals surface area contributed by atoms with Gasteiger partial charge in [-0.25, -0.2) is 4.52 Å². The lowest BCUT2D eigenvalue weighted by Crippen LogP contribution is -2.39. The van der Waals surface area contributed by atoms with Gasteiger partial charge in [-0.15, -0.1) is 0 Å². The molecule has 13 heteroatoms. The van der Waals surface area contributed by atoms with E-state index in [2.05, 4.69) is 10.4 Å². The van der Waals surface area contributed by atoms with Gasteiger partial charge in [-0.3, -0.25) is 19.2 Å². The van der Waals surface area contributed by atoms with E-state index in [-0.39, 0.29) is 36.2 Å². The number of ether oxygens (including phenoxy) is 2. The molecule has 41 heavy (non-hydrogen) atoms. The molecule has 0 radical (unpaired) electrons. The van der Waals surface area contributed by atoms with Gasteiger partial charge < -0.3 is 34.3 Å². The molecular formula is C28H36N6O7. The van der Waals surface area contributed by atoms with Gasteiger partial charge >= 0.3 is 0 Å². The van der Waals surface area contributed by atoms with Gasteiger partial charge in [0.25, 0.3) is 11.9 Å². The fourth-order valence-electron chi connectivity index (χ4n) is 5.23. The number of likely N-dealkylation sites (tertiary alicyclic amines) is 1. The van der Waals surface area contributed by atoms with Crippen molar-refractivity contribution < 1.29 is 33.8 Å². The molecule has 3 amide bonds. The Hall–Kier alpha value is -4.39. The Labute approximate surface area is 237 Å². The molecule has 0 spiro atoms. The van der Waals surface area contributed by atoms with Crippen molar-refractivity contribution in [2.24, 2.45) is 13.0 Å². The largest absolute Gasteiger partial charge is 0.492 e. The van der Waals surface area contributed by atoms with Crippen LogP contribution in [0.2, 0.25) is 0 Å². The van der Waals surface area contributed by atoms with Gasteiger partial charge in [-0.05, 0) is 24.1 Å². The van der Waals surface area contributed by atoms with Gasteiger partial charge in [0.05, 0.1) is 18.7 Å². The number of fused-ring (bicyclic) bond motifs is 5. The van der Waals surface area contributed by atoms with Gasteiger partial charge in [0.1, 0.15) is 30.2 Å². The molecule has 0 unspecified atom stereocenters. The number of carbonyl (C=O) groups is 4. The quantitative estimate of drug-likeness (QED) is 0.476. The molecule has 1 aromatic carbocycles. The number of carboxylic acids is 1. The lowest BCUT2D eigenvalue weighted by atomic mass is 9.88. The van der Waals surface area contributed by atoms with Crippen LogP contribution in [0.3, 0.4) is 0 Å². The maximum atomic E-state index is 13.5. The highest BCUT2D eigenvalue weighted by atomic mass is 16.5. The molecule has 1 fully saturated rings. The molecule has 220 valence electrons. The minimum Gasteiger partial charge on any atom is -0.492 e. The summed E-state index contributed by atoms with van der Waals surface area (Å²) in [5.74, 6) is -1.04. The SMILES string of the molecule is CC(=O)O.COCC(=O)N1C[C@@H]2C(=O)NCCCN(C(=O)c3cnn4ccn(C)c34)CCOc3cccc(c3)[C@H]2C1. The normalized spacial score (nSPS) is 19.3. The molecule has 2 N–H and O–H groups in total. The molecule has 1 saturated heterocycles. The molecular weight excluding hydrogens is 532 g/mol. The van der Waals surface area contributed by atoms with Crippen LogP contribution in [0.25, 0.3) is 5.65 Å². The summed E-state index contributed by atoms with van der Waals surface area (Å²) in [4.78, 5) is 51.7. The van der Waals surface area contributed by atoms with E-state index >= 15 is 0 Å². The van der Waals surface area contributed by atoms with Crippen molar-refractivity contribution in [3.8, 4) is 5.75 Å². The van der Waals surface area contributed by atoms with Gasteiger partial charge in [0.15, 0.2) is 0 Å². The van der Waals surface area contributed by atoms with Crippen molar-refractivity contribution in [3.63, 3.8) is 0 Å². The standard InChI is InChI=1S/C26H32N6O5.C2H4O2/c1-29-9-10-32-25(29)20(14-28-32)26(35)30-8-4-7-27-24(34)22-16-31(23(33)17-36-2)15-21(22)18-5-3-6-19(13-18)37-12-11-30;1-2(3)4/h3,5-6,9-10,13-14,21-22H,4,7-8,11-12,15-17H2,1-2H3,(H,27,34);1H3,(H,3,4)/t21-,22+;/m1./s1. The summed E-state index contributed by atoms with van der Waals surface area (Å²) >= 11 is 0. The zero-order valence-electron chi connectivity index (χ0n) is 23.5. The number of amides is 3. The van der Waals surface area contributed by atoms with Crippen LogP contribution in [0.4, 0.5) is 0 Å². The third-order valence-corrected chi connectivity index (χ3v) is 7.15. The van der Waals surface area contributed by atoms with Gasteiger partial charge in [-0.2, -0.15) is 5.10 Å². The topological polar surface area (TPSA) is 148 Å². The van der Waals surface area contributed by atoms with Gasteiger partial charge in [-0.1, -0.05) is 12.1 Å². The van der Waals surface area contributed by atoms with Crippen molar-refractivity contribution in [1.82, 2.24) is 29.3 Å². The second kappa shape index (κ2) is 13.3. The van der Waals surface area contributed by atoms with Crippen LogP contribution in [0.5, 0.6) is 5.75 Å². The Morgan fingerprint density at radius 1 is 1.15 bits per heavy atom. The van der Waals surface area contributed by atoms with Gasteiger partial charge in [0, 0.05) is 65.6 Å². The number of aromatic nitrogens is 3. The molecule has 2 bridgehead atoms. The highest BCUT2D eigenvalue weighted by Crippen LogP contribution is 2.34. The Morgan fingerprint density at radius 2 is 1.90 bits per heavy atom. The number of benzene rings is 1. The summed E-state index contributed by atoms with van der Waals surface area (Å²) in [6, 6.07) is 7.66. The highest BCUT2D eigenvalue weighted by Gasteiger charge is 2.40. The summed E-state index contributed by atoms with van der Waals surface area (Å²) in [5.41, 5.74) is 2.20. The average Bonchev–Trinajstić information content (AvgIpc) is 3.66. The highest BCUT2D eigenvalue weighted by molar-refractivity contribution is 5.99. The van der Waals surface area contributed by atoms with Crippen LogP contribution in [-0.2, 0) is 26.2 Å². The number of aryl methyl sites for hydroxylation is 1. The van der Waals surface area contributed by atoms with Crippen molar-refractivity contribution in [2.45, 2.75) is 19.3 Å². The number of nitrogens with zero attached hydrogens (tertiary/aromatic N) is 5. The van der Waals surface area contributed by atoms with Crippen molar-refractivity contribution in [1.29, 1.82) is 0 Å². The molecule has 2 aliphatic heterocycles. The van der Waals surface area contributed by atoms with Crippen LogP contribution < -0.4 is 10.1 Å². The van der Waals surface area contributed by atoms with Crippen molar-refractivity contribution in [3.05, 3.63) is 54.0 Å². The number of nitrogens with one attached hydrogen (secondary N) is 1. The summed E-state index contributed by atoms with van der Waals surface area (Å²) in [7, 11) is 3.37. The molecule has 0 aliphatic carbocycles. The molecule has 0 saturated carbocycles. The monoisotopic (exact) mass is 568 g/mol. The Morgan fingerprint density at radius 3 is 2.66 bits per heavy atom. The lowest BCUT2D eigenvalue weighted by Gasteiger charge is -2.24. The zero-order valence-corrected chi connectivity index (χ0v) is 23.5. The number of carboxylic acid groups (broad SMARTS) is 1. The lowest BCUT2D eigenvalue weighted by molar-refractivity contribution is -0.135. The van der Waals surface area contributed by atoms with Crippen LogP contribution >= 0.6 is 0 Å². The average molecular weight is 569 g/mol. The third-order valence-electron chi connectivity index (χ3n) is 7.15. The maximum absolute atomic E-state index is 13.5. The number of hydrogen-bond donors (Lipinski definition) is 2. The van der Waals surface area contributed by atoms with Crippen LogP contribution in [0, 0.1) is 5.92 Å². The first-order valence-electron chi connectivity index (χ1n) is 13.4. The van der Waals surface area contributed by atoms with E-state index in [1.165, 1.54) is 7.11 Å². The first kappa shape index (κ1) is 29.6. The summed E-state index contributed by atoms with van der Waals surface area (Å²) in [6.07, 6.45) is 5.84. The Balaban J connectivity index is 0.000000909. The second-order valence-electron chi connectivity index (χ2n) is 10.1. The van der Waals surface area contributed by atoms with E-state index in [1.54, 1.807) is 26.7 Å². The van der Waals surface area contributed by atoms with E-state index in [4.69, 9.17) is 19.4 Å². The van der Waals surface area contributed by atoms with Gasteiger partial charge in [0.2, 0.25) is 11.8 Å². The third kappa shape index (κ3) is 7.04. The van der Waals surface area contributed by atoms with E-state index in [0.717, 1.165) is 18.1 Å². The fourth-order valence-corrected chi connectivity index (χ4v) is 5.23. The smallest absolute Gasteiger partial charge is 0.300 e. The zero-order chi connectivity index (χ0) is 29.5. The maximum Gasteiger partial charge on any atom is 0.300 e. The Bertz CT molecular complexity index is 1400. The number of imidazole rings is 1. The molecule has 4 heterocycles. The number of hydrogen-bond acceptors (Lipinski definition) is 7. The summed E-state index contributed by atoms with van der Waals surface area (Å²) < 4.78 is 14.6. The number of methoxy groups -OCH3 is 1. The van der Waals surface area contributed by atoms with Crippen LogP contribution in [-0.4, -0.2) is 106 Å². The number of rotatable bonds is 3. The minimum absolute atomic E-state index is 0.0133. The van der Waals surface area contributed by atoms with Crippen LogP contribution in [0.15, 0.2) is 42.9 Å². The summed E-state index contributed by atoms with van der Waals surface area (Å²) in [5, 5.41) is 14.7. The van der Waals surface area contributed by atoms with E-state index in [0.29, 0.717) is 57.1 Å². The fraction of sp³-hybridized carbons (Fsp3) is 0.464. The summed E-state index contributed by atoms with van der Waals surface area (Å²) in [6.45, 7) is 3.45. The number of aliphatic carboxylic acids is 1. The molecule has 5 rings (SSSR count). The molecule has 3 aromatic rings. The first-order chi connectivity index (χ1) is 19.7.